The maximum Gasteiger partial charge on any atom is 0.241 e. The second-order valence-electron chi connectivity index (χ2n) is 5.48. The number of carbonyl (C=O) groups is 1. The van der Waals surface area contributed by atoms with Gasteiger partial charge in [0.2, 0.25) is 11.9 Å². The molecule has 0 saturated carbocycles. The van der Waals surface area contributed by atoms with E-state index in [1.165, 1.54) is 4.88 Å². The number of rotatable bonds is 1. The number of nitrogens with two attached hydrogens (primary N) is 1. The van der Waals surface area contributed by atoms with E-state index in [9.17, 15) is 4.79 Å². The molecule has 7 heteroatoms. The van der Waals surface area contributed by atoms with Crippen LogP contribution < -0.4 is 11.1 Å². The van der Waals surface area contributed by atoms with E-state index in [-0.39, 0.29) is 23.7 Å². The standard InChI is InChI=1S/C14H15N5OS/c1-7-12-9(16-14-17-13(15)18-19(7)14)5-8(6-10(12)20)11-3-2-4-21-11/h2-4,7-8H,5-6H2,1H3,(H3,15,16,17,18)/t7-,8+/m1/s1. The first kappa shape index (κ1) is 12.6. The van der Waals surface area contributed by atoms with Crippen molar-refractivity contribution in [3.63, 3.8) is 0 Å². The Bertz CT molecular complexity index is 746. The first-order valence-corrected chi connectivity index (χ1v) is 7.80. The van der Waals surface area contributed by atoms with Crippen LogP contribution in [-0.4, -0.2) is 20.5 Å². The van der Waals surface area contributed by atoms with Crippen LogP contribution >= 0.6 is 11.3 Å². The predicted molar refractivity (Wildman–Crippen MR) is 81.1 cm³/mol. The molecule has 1 aliphatic heterocycles. The highest BCUT2D eigenvalue weighted by Gasteiger charge is 2.37. The molecule has 2 aromatic heterocycles. The summed E-state index contributed by atoms with van der Waals surface area (Å²) in [5.41, 5.74) is 7.45. The number of Topliss-reactive ketones (excluding diaryl/α,β-unsaturated/α-hetero) is 1. The van der Waals surface area contributed by atoms with Crippen molar-refractivity contribution >= 4 is 29.0 Å². The number of fused-ring (bicyclic) bond motifs is 1. The number of nitrogen functional groups attached to an aromatic ring is 1. The Morgan fingerprint density at radius 3 is 3.10 bits per heavy atom. The van der Waals surface area contributed by atoms with Gasteiger partial charge in [0, 0.05) is 28.5 Å². The summed E-state index contributed by atoms with van der Waals surface area (Å²) in [6.07, 6.45) is 1.39. The molecule has 0 unspecified atom stereocenters. The zero-order chi connectivity index (χ0) is 14.6. The van der Waals surface area contributed by atoms with Crippen molar-refractivity contribution in [1.29, 1.82) is 0 Å². The number of ketones is 1. The molecule has 108 valence electrons. The van der Waals surface area contributed by atoms with Gasteiger partial charge in [0.25, 0.3) is 0 Å². The minimum Gasteiger partial charge on any atom is -0.366 e. The van der Waals surface area contributed by atoms with Gasteiger partial charge in [-0.3, -0.25) is 4.79 Å². The predicted octanol–water partition coefficient (Wildman–Crippen LogP) is 2.31. The molecule has 0 radical (unpaired) electrons. The van der Waals surface area contributed by atoms with Gasteiger partial charge < -0.3 is 11.1 Å². The topological polar surface area (TPSA) is 85.8 Å². The lowest BCUT2D eigenvalue weighted by Gasteiger charge is -2.32. The molecule has 3 N–H and O–H groups in total. The number of thiophene rings is 1. The summed E-state index contributed by atoms with van der Waals surface area (Å²) in [4.78, 5) is 18.0. The van der Waals surface area contributed by atoms with Crippen molar-refractivity contribution in [2.75, 3.05) is 11.1 Å². The lowest BCUT2D eigenvalue weighted by atomic mass is 9.82. The van der Waals surface area contributed by atoms with Crippen LogP contribution in [0.4, 0.5) is 11.9 Å². The largest absolute Gasteiger partial charge is 0.366 e. The summed E-state index contributed by atoms with van der Waals surface area (Å²) >= 11 is 1.71. The molecule has 1 aliphatic carbocycles. The van der Waals surface area contributed by atoms with Crippen LogP contribution in [-0.2, 0) is 4.79 Å². The molecule has 0 bridgehead atoms. The van der Waals surface area contributed by atoms with Crippen LogP contribution in [0.3, 0.4) is 0 Å². The van der Waals surface area contributed by atoms with Crippen LogP contribution in [0.5, 0.6) is 0 Å². The van der Waals surface area contributed by atoms with Crippen LogP contribution in [0, 0.1) is 0 Å². The molecule has 21 heavy (non-hydrogen) atoms. The highest BCUT2D eigenvalue weighted by Crippen LogP contribution is 2.42. The van der Waals surface area contributed by atoms with Crippen LogP contribution in [0.25, 0.3) is 0 Å². The van der Waals surface area contributed by atoms with Gasteiger partial charge in [-0.2, -0.15) is 4.98 Å². The number of hydrogen-bond donors (Lipinski definition) is 2. The van der Waals surface area contributed by atoms with Gasteiger partial charge in [-0.25, -0.2) is 4.68 Å². The Morgan fingerprint density at radius 2 is 2.33 bits per heavy atom. The highest BCUT2D eigenvalue weighted by atomic mass is 32.1. The summed E-state index contributed by atoms with van der Waals surface area (Å²) in [5, 5.41) is 9.46. The molecule has 0 aromatic carbocycles. The smallest absolute Gasteiger partial charge is 0.241 e. The fourth-order valence-corrected chi connectivity index (χ4v) is 4.04. The monoisotopic (exact) mass is 301 g/mol. The highest BCUT2D eigenvalue weighted by molar-refractivity contribution is 7.10. The van der Waals surface area contributed by atoms with Crippen molar-refractivity contribution in [2.24, 2.45) is 0 Å². The van der Waals surface area contributed by atoms with Gasteiger partial charge in [-0.05, 0) is 24.8 Å². The van der Waals surface area contributed by atoms with Crippen molar-refractivity contribution < 1.29 is 4.79 Å². The van der Waals surface area contributed by atoms with Crippen molar-refractivity contribution in [3.05, 3.63) is 33.7 Å². The third-order valence-electron chi connectivity index (χ3n) is 4.15. The van der Waals surface area contributed by atoms with Crippen LogP contribution in [0.15, 0.2) is 28.8 Å². The SMILES string of the molecule is C[C@@H]1C2=C(C[C@H](c3cccs3)CC2=O)Nc2nc(N)nn21. The average Bonchev–Trinajstić information content (AvgIpc) is 3.06. The lowest BCUT2D eigenvalue weighted by Crippen LogP contribution is -2.31. The Kier molecular flexibility index (Phi) is 2.65. The molecule has 0 saturated heterocycles. The summed E-state index contributed by atoms with van der Waals surface area (Å²) in [5.74, 6) is 1.29. The van der Waals surface area contributed by atoms with E-state index in [4.69, 9.17) is 5.73 Å². The first-order valence-electron chi connectivity index (χ1n) is 6.92. The normalized spacial score (nSPS) is 24.5. The molecule has 2 aliphatic rings. The van der Waals surface area contributed by atoms with Gasteiger partial charge in [-0.1, -0.05) is 6.07 Å². The summed E-state index contributed by atoms with van der Waals surface area (Å²) in [7, 11) is 0. The Balaban J connectivity index is 1.73. The van der Waals surface area contributed by atoms with Gasteiger partial charge in [0.15, 0.2) is 5.78 Å². The van der Waals surface area contributed by atoms with E-state index in [1.807, 2.05) is 13.0 Å². The fourth-order valence-electron chi connectivity index (χ4n) is 3.21. The summed E-state index contributed by atoms with van der Waals surface area (Å²) in [6.45, 7) is 1.97. The second-order valence-corrected chi connectivity index (χ2v) is 6.45. The fraction of sp³-hybridized carbons (Fsp3) is 0.357. The maximum atomic E-state index is 12.6. The van der Waals surface area contributed by atoms with Gasteiger partial charge in [0.1, 0.15) is 0 Å². The van der Waals surface area contributed by atoms with E-state index >= 15 is 0 Å². The lowest BCUT2D eigenvalue weighted by molar-refractivity contribution is -0.116. The molecule has 2 aromatic rings. The number of nitrogens with one attached hydrogen (secondary N) is 1. The number of allylic oxidation sites excluding steroid dienone is 2. The molecule has 2 atom stereocenters. The van der Waals surface area contributed by atoms with Crippen LogP contribution in [0.1, 0.15) is 36.6 Å². The van der Waals surface area contributed by atoms with Crippen molar-refractivity contribution in [3.8, 4) is 0 Å². The third kappa shape index (κ3) is 1.88. The zero-order valence-electron chi connectivity index (χ0n) is 11.5. The number of anilines is 2. The quantitative estimate of drug-likeness (QED) is 0.844. The molecule has 0 amide bonds. The Hall–Kier alpha value is -2.15. The zero-order valence-corrected chi connectivity index (χ0v) is 12.4. The Labute approximate surface area is 125 Å². The molecule has 0 spiro atoms. The van der Waals surface area contributed by atoms with Crippen molar-refractivity contribution in [2.45, 2.75) is 31.7 Å². The maximum absolute atomic E-state index is 12.6. The second kappa shape index (κ2) is 4.42. The van der Waals surface area contributed by atoms with Gasteiger partial charge in [0.05, 0.1) is 6.04 Å². The number of aromatic nitrogens is 3. The molecular weight excluding hydrogens is 286 g/mol. The Morgan fingerprint density at radius 1 is 1.48 bits per heavy atom. The van der Waals surface area contributed by atoms with Gasteiger partial charge >= 0.3 is 0 Å². The molecule has 6 nitrogen and oxygen atoms in total. The van der Waals surface area contributed by atoms with Crippen molar-refractivity contribution in [1.82, 2.24) is 14.8 Å². The molecule has 0 fully saturated rings. The van der Waals surface area contributed by atoms with E-state index in [1.54, 1.807) is 16.0 Å². The number of hydrogen-bond acceptors (Lipinski definition) is 6. The number of carbonyl (C=O) groups excluding carboxylic acids is 1. The van der Waals surface area contributed by atoms with E-state index in [0.717, 1.165) is 17.7 Å². The first-order chi connectivity index (χ1) is 10.1. The average molecular weight is 301 g/mol. The van der Waals surface area contributed by atoms with E-state index in [2.05, 4.69) is 26.8 Å². The third-order valence-corrected chi connectivity index (χ3v) is 5.18. The summed E-state index contributed by atoms with van der Waals surface area (Å²) < 4.78 is 1.69. The van der Waals surface area contributed by atoms with E-state index < -0.39 is 0 Å². The molecule has 4 rings (SSSR count). The number of nitrogens with zero attached hydrogens (tertiary/aromatic N) is 3. The van der Waals surface area contributed by atoms with E-state index in [0.29, 0.717) is 12.4 Å². The van der Waals surface area contributed by atoms with Gasteiger partial charge in [-0.15, -0.1) is 16.4 Å². The molecule has 3 heterocycles. The molecular formula is C14H15N5OS. The minimum absolute atomic E-state index is 0.113. The van der Waals surface area contributed by atoms with Crippen LogP contribution in [0.2, 0.25) is 0 Å². The summed E-state index contributed by atoms with van der Waals surface area (Å²) in [6, 6.07) is 4.02. The minimum atomic E-state index is -0.113.